The largest absolute Gasteiger partial charge is 0.481 e. The number of carboxylic acids is 1. The van der Waals surface area contributed by atoms with Crippen LogP contribution in [0.3, 0.4) is 0 Å². The number of halogens is 4. The van der Waals surface area contributed by atoms with Gasteiger partial charge in [-0.15, -0.1) is 23.2 Å². The summed E-state index contributed by atoms with van der Waals surface area (Å²) >= 11 is 21.3. The summed E-state index contributed by atoms with van der Waals surface area (Å²) in [6, 6.07) is 0. The highest BCUT2D eigenvalue weighted by molar-refractivity contribution is 6.60. The number of hydrogen-bond donors (Lipinski definition) is 1. The van der Waals surface area contributed by atoms with Gasteiger partial charge in [-0.05, 0) is 0 Å². The van der Waals surface area contributed by atoms with E-state index in [1.165, 1.54) is 0 Å². The Balaban J connectivity index is 3.99. The van der Waals surface area contributed by atoms with E-state index in [4.69, 9.17) is 51.5 Å². The molecule has 0 heterocycles. The molecule has 10 heavy (non-hydrogen) atoms. The van der Waals surface area contributed by atoms with Crippen molar-refractivity contribution >= 4 is 52.4 Å². The highest BCUT2D eigenvalue weighted by Gasteiger charge is 2.34. The molecule has 60 valence electrons. The maximum Gasteiger partial charge on any atom is 0.306 e. The normalized spacial score (nSPS) is 12.1. The molecule has 0 saturated heterocycles. The van der Waals surface area contributed by atoms with Gasteiger partial charge in [-0.3, -0.25) is 4.79 Å². The van der Waals surface area contributed by atoms with Gasteiger partial charge in [-0.25, -0.2) is 0 Å². The lowest BCUT2D eigenvalue weighted by molar-refractivity contribution is -0.137. The second-order valence-corrected chi connectivity index (χ2v) is 4.27. The van der Waals surface area contributed by atoms with Crippen LogP contribution < -0.4 is 0 Å². The molecule has 0 aliphatic carbocycles. The highest BCUT2D eigenvalue weighted by atomic mass is 35.5. The lowest BCUT2D eigenvalue weighted by atomic mass is 10.3. The molecular formula is C4H4Cl4O2. The SMILES string of the molecule is O=C(O)CC(Cl)(Cl)C(Cl)Cl. The molecule has 0 aliphatic heterocycles. The van der Waals surface area contributed by atoms with Gasteiger partial charge >= 0.3 is 5.97 Å². The molecule has 0 aromatic rings. The van der Waals surface area contributed by atoms with Crippen LogP contribution in [0.4, 0.5) is 0 Å². The van der Waals surface area contributed by atoms with Crippen molar-refractivity contribution in [3.05, 3.63) is 0 Å². The monoisotopic (exact) mass is 224 g/mol. The first kappa shape index (κ1) is 10.6. The Morgan fingerprint density at radius 2 is 1.90 bits per heavy atom. The van der Waals surface area contributed by atoms with Gasteiger partial charge in [0, 0.05) is 0 Å². The van der Waals surface area contributed by atoms with Gasteiger partial charge in [0.2, 0.25) is 0 Å². The fraction of sp³-hybridized carbons (Fsp3) is 0.750. The number of aliphatic carboxylic acids is 1. The molecular weight excluding hydrogens is 222 g/mol. The van der Waals surface area contributed by atoms with Gasteiger partial charge in [0.05, 0.1) is 6.42 Å². The molecule has 0 amide bonds. The van der Waals surface area contributed by atoms with Crippen LogP contribution in [0.25, 0.3) is 0 Å². The minimum Gasteiger partial charge on any atom is -0.481 e. The number of carboxylic acid groups (broad SMARTS) is 1. The van der Waals surface area contributed by atoms with Gasteiger partial charge in [0.25, 0.3) is 0 Å². The maximum absolute atomic E-state index is 10.0. The van der Waals surface area contributed by atoms with E-state index in [0.717, 1.165) is 0 Å². The van der Waals surface area contributed by atoms with Gasteiger partial charge in [0.1, 0.15) is 4.84 Å². The van der Waals surface area contributed by atoms with E-state index in [1.807, 2.05) is 0 Å². The number of alkyl halides is 4. The van der Waals surface area contributed by atoms with Crippen LogP contribution in [0.5, 0.6) is 0 Å². The average molecular weight is 226 g/mol. The molecule has 1 N–H and O–H groups in total. The summed E-state index contributed by atoms with van der Waals surface area (Å²) in [5, 5.41) is 8.21. The Morgan fingerprint density at radius 1 is 1.50 bits per heavy atom. The number of carbonyl (C=O) groups is 1. The summed E-state index contributed by atoms with van der Waals surface area (Å²) in [5.74, 6) is -1.14. The predicted octanol–water partition coefficient (Wildman–Crippen LogP) is 2.44. The minimum absolute atomic E-state index is 0.478. The smallest absolute Gasteiger partial charge is 0.306 e. The lowest BCUT2D eigenvalue weighted by Crippen LogP contribution is -2.25. The number of hydrogen-bond acceptors (Lipinski definition) is 1. The van der Waals surface area contributed by atoms with Crippen LogP contribution in [-0.2, 0) is 4.79 Å². The molecule has 0 bridgehead atoms. The van der Waals surface area contributed by atoms with Crippen molar-refractivity contribution in [3.8, 4) is 0 Å². The third-order valence-corrected chi connectivity index (χ3v) is 2.60. The van der Waals surface area contributed by atoms with Crippen molar-refractivity contribution in [1.82, 2.24) is 0 Å². The fourth-order valence-electron chi connectivity index (χ4n) is 0.279. The Morgan fingerprint density at radius 3 is 2.00 bits per heavy atom. The van der Waals surface area contributed by atoms with Crippen LogP contribution in [0.1, 0.15) is 6.42 Å². The Bertz CT molecular complexity index is 133. The second-order valence-electron chi connectivity index (χ2n) is 1.63. The van der Waals surface area contributed by atoms with Crippen molar-refractivity contribution in [2.75, 3.05) is 0 Å². The van der Waals surface area contributed by atoms with Gasteiger partial charge in [-0.2, -0.15) is 0 Å². The molecule has 0 saturated carbocycles. The Kier molecular flexibility index (Phi) is 4.10. The van der Waals surface area contributed by atoms with Crippen molar-refractivity contribution in [2.24, 2.45) is 0 Å². The zero-order valence-electron chi connectivity index (χ0n) is 4.65. The van der Waals surface area contributed by atoms with E-state index in [0.29, 0.717) is 0 Å². The molecule has 0 unspecified atom stereocenters. The molecule has 0 spiro atoms. The van der Waals surface area contributed by atoms with E-state index in [2.05, 4.69) is 0 Å². The van der Waals surface area contributed by atoms with E-state index in [1.54, 1.807) is 0 Å². The van der Waals surface area contributed by atoms with E-state index in [9.17, 15) is 4.79 Å². The highest BCUT2D eigenvalue weighted by Crippen LogP contribution is 2.35. The van der Waals surface area contributed by atoms with Crippen molar-refractivity contribution in [1.29, 1.82) is 0 Å². The van der Waals surface area contributed by atoms with Crippen molar-refractivity contribution in [2.45, 2.75) is 15.6 Å². The molecule has 2 nitrogen and oxygen atoms in total. The topological polar surface area (TPSA) is 37.3 Å². The van der Waals surface area contributed by atoms with Crippen LogP contribution >= 0.6 is 46.4 Å². The molecule has 0 rings (SSSR count). The number of rotatable bonds is 3. The molecule has 0 aromatic heterocycles. The molecule has 0 aromatic carbocycles. The molecule has 0 fully saturated rings. The summed E-state index contributed by atoms with van der Waals surface area (Å²) in [6.07, 6.45) is -0.478. The maximum atomic E-state index is 10.0. The molecule has 0 aliphatic rings. The zero-order valence-corrected chi connectivity index (χ0v) is 7.68. The third kappa shape index (κ3) is 3.71. The Hall–Kier alpha value is 0.630. The molecule has 0 atom stereocenters. The average Bonchev–Trinajstić information content (AvgIpc) is 1.60. The quantitative estimate of drug-likeness (QED) is 0.750. The van der Waals surface area contributed by atoms with E-state index in [-0.39, 0.29) is 0 Å². The van der Waals surface area contributed by atoms with Crippen molar-refractivity contribution in [3.63, 3.8) is 0 Å². The third-order valence-electron chi connectivity index (χ3n) is 0.706. The van der Waals surface area contributed by atoms with Crippen LogP contribution in [0.2, 0.25) is 0 Å². The van der Waals surface area contributed by atoms with Gasteiger partial charge in [-0.1, -0.05) is 23.2 Å². The first-order chi connectivity index (χ1) is 4.36. The minimum atomic E-state index is -1.60. The first-order valence-electron chi connectivity index (χ1n) is 2.24. The van der Waals surface area contributed by atoms with Gasteiger partial charge in [0.15, 0.2) is 4.33 Å². The van der Waals surface area contributed by atoms with Gasteiger partial charge < -0.3 is 5.11 Å². The standard InChI is InChI=1S/C4H4Cl4O2/c5-3(6)4(7,8)1-2(9)10/h3H,1H2,(H,9,10). The summed E-state index contributed by atoms with van der Waals surface area (Å²) in [5.41, 5.74) is 0. The predicted molar refractivity (Wildman–Crippen MR) is 42.2 cm³/mol. The van der Waals surface area contributed by atoms with Crippen LogP contribution in [0.15, 0.2) is 0 Å². The summed E-state index contributed by atoms with van der Waals surface area (Å²) in [7, 11) is 0. The van der Waals surface area contributed by atoms with E-state index >= 15 is 0 Å². The lowest BCUT2D eigenvalue weighted by Gasteiger charge is -2.17. The molecule has 6 heteroatoms. The zero-order chi connectivity index (χ0) is 8.36. The summed E-state index contributed by atoms with van der Waals surface area (Å²) in [6.45, 7) is 0. The van der Waals surface area contributed by atoms with E-state index < -0.39 is 21.6 Å². The molecule has 0 radical (unpaired) electrons. The summed E-state index contributed by atoms with van der Waals surface area (Å²) in [4.78, 5) is 8.93. The van der Waals surface area contributed by atoms with Crippen molar-refractivity contribution < 1.29 is 9.90 Å². The second kappa shape index (κ2) is 3.86. The fourth-order valence-corrected chi connectivity index (χ4v) is 0.662. The summed E-state index contributed by atoms with van der Waals surface area (Å²) < 4.78 is -1.60. The van der Waals surface area contributed by atoms with Crippen LogP contribution in [-0.4, -0.2) is 20.2 Å². The Labute approximate surface area is 78.0 Å². The first-order valence-corrected chi connectivity index (χ1v) is 3.87. The van der Waals surface area contributed by atoms with Crippen LogP contribution in [0, 0.1) is 0 Å².